The molecular formula is C17H23BrN3O6+. The summed E-state index contributed by atoms with van der Waals surface area (Å²) in [6.45, 7) is 9.15. The lowest BCUT2D eigenvalue weighted by Crippen LogP contribution is -2.57. The number of carbonyl (C=O) groups excluding carboxylic acids is 2. The van der Waals surface area contributed by atoms with E-state index in [0.717, 1.165) is 0 Å². The Bertz CT molecular complexity index is 840. The summed E-state index contributed by atoms with van der Waals surface area (Å²) in [6, 6.07) is -0.0129. The lowest BCUT2D eigenvalue weighted by atomic mass is 10.1. The van der Waals surface area contributed by atoms with E-state index in [4.69, 9.17) is 14.2 Å². The van der Waals surface area contributed by atoms with Crippen LogP contribution in [0.4, 0.5) is 0 Å². The van der Waals surface area contributed by atoms with Crippen LogP contribution in [0.25, 0.3) is 5.70 Å². The van der Waals surface area contributed by atoms with Gasteiger partial charge in [-0.1, -0.05) is 0 Å². The molecule has 10 heteroatoms. The molecule has 9 nitrogen and oxygen atoms in total. The predicted molar refractivity (Wildman–Crippen MR) is 98.7 cm³/mol. The molecule has 2 rings (SSSR count). The summed E-state index contributed by atoms with van der Waals surface area (Å²) < 4.78 is 17.5. The van der Waals surface area contributed by atoms with Gasteiger partial charge in [0.25, 0.3) is 0 Å². The number of hydrogen-bond donors (Lipinski definition) is 2. The number of esters is 2. The van der Waals surface area contributed by atoms with Crippen LogP contribution in [0.3, 0.4) is 0 Å². The minimum absolute atomic E-state index is 0.0129. The van der Waals surface area contributed by atoms with Crippen LogP contribution in [0.1, 0.15) is 34.6 Å². The fourth-order valence-corrected chi connectivity index (χ4v) is 2.74. The third-order valence-corrected chi connectivity index (χ3v) is 3.98. The maximum absolute atomic E-state index is 12.7. The molecule has 2 heterocycles. The van der Waals surface area contributed by atoms with Gasteiger partial charge >= 0.3 is 23.5 Å². The van der Waals surface area contributed by atoms with Crippen molar-refractivity contribution in [3.63, 3.8) is 0 Å². The van der Waals surface area contributed by atoms with Gasteiger partial charge in [-0.3, -0.25) is 5.32 Å². The number of halogens is 1. The van der Waals surface area contributed by atoms with Crippen LogP contribution in [0, 0.1) is 0 Å². The number of nitrogens with one attached hydrogen (secondary N) is 2. The standard InChI is InChI=1S/C17H22BrN3O6/c1-6-25-14(23)10-11(15(24)26-7-2)21-8-9(18)12(22)19-16(21)27-13(10)20-17(3,4)5/h8,13,20H,6-7H2,1-5H3/p+1. The number of hydrogen-bond acceptors (Lipinski definition) is 7. The fraction of sp³-hybridized carbons (Fsp3) is 0.529. The number of nitrogens with zero attached hydrogens (tertiary/aromatic N) is 1. The van der Waals surface area contributed by atoms with Crippen molar-refractivity contribution in [3.8, 4) is 6.01 Å². The molecule has 0 radical (unpaired) electrons. The molecule has 0 bridgehead atoms. The van der Waals surface area contributed by atoms with Crippen LogP contribution >= 0.6 is 15.9 Å². The van der Waals surface area contributed by atoms with Crippen molar-refractivity contribution in [1.82, 2.24) is 10.3 Å². The first-order valence-electron chi connectivity index (χ1n) is 8.46. The second-order valence-corrected chi connectivity index (χ2v) is 7.56. The normalized spacial score (nSPS) is 16.4. The molecule has 1 aliphatic rings. The average Bonchev–Trinajstić information content (AvgIpc) is 2.54. The first-order valence-corrected chi connectivity index (χ1v) is 9.26. The highest BCUT2D eigenvalue weighted by Crippen LogP contribution is 2.24. The highest BCUT2D eigenvalue weighted by atomic mass is 79.9. The molecule has 1 aromatic heterocycles. The summed E-state index contributed by atoms with van der Waals surface area (Å²) in [7, 11) is 0. The van der Waals surface area contributed by atoms with E-state index < -0.39 is 29.3 Å². The van der Waals surface area contributed by atoms with E-state index in [2.05, 4.69) is 26.2 Å². The maximum atomic E-state index is 12.7. The van der Waals surface area contributed by atoms with E-state index in [-0.39, 0.29) is 35.0 Å². The summed E-state index contributed by atoms with van der Waals surface area (Å²) >= 11 is 3.11. The summed E-state index contributed by atoms with van der Waals surface area (Å²) in [5.41, 5.74) is -1.05. The summed E-state index contributed by atoms with van der Waals surface area (Å²) in [5, 5.41) is 3.11. The molecule has 148 valence electrons. The predicted octanol–water partition coefficient (Wildman–Crippen LogP) is 0.869. The van der Waals surface area contributed by atoms with E-state index in [1.807, 2.05) is 20.8 Å². The molecule has 0 fully saturated rings. The molecule has 1 atom stereocenters. The number of ether oxygens (including phenoxy) is 3. The Kier molecular flexibility index (Phi) is 6.42. The van der Waals surface area contributed by atoms with E-state index in [0.29, 0.717) is 0 Å². The molecule has 0 aromatic carbocycles. The van der Waals surface area contributed by atoms with Gasteiger partial charge in [-0.2, -0.15) is 9.55 Å². The number of H-pyrrole nitrogens is 1. The molecule has 0 amide bonds. The number of fused-ring (bicyclic) bond motifs is 1. The fourth-order valence-electron chi connectivity index (χ4n) is 2.44. The van der Waals surface area contributed by atoms with Crippen molar-refractivity contribution in [2.45, 2.75) is 46.4 Å². The van der Waals surface area contributed by atoms with Gasteiger partial charge in [-0.05, 0) is 50.5 Å². The highest BCUT2D eigenvalue weighted by Gasteiger charge is 2.44. The topological polar surface area (TPSA) is 111 Å². The molecule has 1 unspecified atom stereocenters. The molecule has 27 heavy (non-hydrogen) atoms. The molecule has 0 aliphatic carbocycles. The maximum Gasteiger partial charge on any atom is 0.464 e. The summed E-state index contributed by atoms with van der Waals surface area (Å²) in [6.07, 6.45) is 0.313. The van der Waals surface area contributed by atoms with Gasteiger partial charge in [0.1, 0.15) is 16.2 Å². The molecule has 0 saturated heterocycles. The van der Waals surface area contributed by atoms with Crippen molar-refractivity contribution < 1.29 is 28.4 Å². The van der Waals surface area contributed by atoms with Crippen molar-refractivity contribution in [2.75, 3.05) is 13.2 Å². The van der Waals surface area contributed by atoms with Crippen LogP contribution in [0.2, 0.25) is 0 Å². The number of aromatic nitrogens is 2. The third-order valence-electron chi connectivity index (χ3n) is 3.41. The smallest absolute Gasteiger partial charge is 0.462 e. The molecule has 0 saturated carbocycles. The van der Waals surface area contributed by atoms with Gasteiger partial charge in [-0.25, -0.2) is 14.4 Å². The van der Waals surface area contributed by atoms with E-state index in [9.17, 15) is 14.4 Å². The SMILES string of the molecule is CCOC(=O)C1=C(C(=O)OCC)[n+]2cc(Br)c(=O)[nH]c2OC1NC(C)(C)C. The van der Waals surface area contributed by atoms with Gasteiger partial charge in [0, 0.05) is 5.54 Å². The van der Waals surface area contributed by atoms with Crippen LogP contribution in [-0.2, 0) is 19.1 Å². The van der Waals surface area contributed by atoms with Gasteiger partial charge in [0.05, 0.1) is 13.2 Å². The molecule has 2 N–H and O–H groups in total. The zero-order valence-electron chi connectivity index (χ0n) is 15.8. The molecule has 1 aromatic rings. The monoisotopic (exact) mass is 444 g/mol. The minimum Gasteiger partial charge on any atom is -0.462 e. The molecular weight excluding hydrogens is 422 g/mol. The first kappa shape index (κ1) is 21.1. The second-order valence-electron chi connectivity index (χ2n) is 6.70. The van der Waals surface area contributed by atoms with Crippen LogP contribution < -0.4 is 20.2 Å². The van der Waals surface area contributed by atoms with Gasteiger partial charge in [0.2, 0.25) is 5.70 Å². The number of carbonyl (C=O) groups is 2. The zero-order chi connectivity index (χ0) is 20.4. The zero-order valence-corrected chi connectivity index (χ0v) is 17.4. The van der Waals surface area contributed by atoms with Crippen molar-refractivity contribution in [2.24, 2.45) is 0 Å². The second kappa shape index (κ2) is 8.22. The Balaban J connectivity index is 2.76. The van der Waals surface area contributed by atoms with Crippen molar-refractivity contribution in [1.29, 1.82) is 0 Å². The largest absolute Gasteiger partial charge is 0.464 e. The quantitative estimate of drug-likeness (QED) is 0.511. The lowest BCUT2D eigenvalue weighted by Gasteiger charge is -2.31. The summed E-state index contributed by atoms with van der Waals surface area (Å²) in [4.78, 5) is 39.9. The van der Waals surface area contributed by atoms with Gasteiger partial charge in [-0.15, -0.1) is 0 Å². The van der Waals surface area contributed by atoms with Crippen LogP contribution in [-0.4, -0.2) is 41.9 Å². The summed E-state index contributed by atoms with van der Waals surface area (Å²) in [5.74, 6) is -1.46. The molecule has 0 spiro atoms. The van der Waals surface area contributed by atoms with Gasteiger partial charge < -0.3 is 14.2 Å². The minimum atomic E-state index is -1.03. The number of aromatic amines is 1. The van der Waals surface area contributed by atoms with Crippen molar-refractivity contribution in [3.05, 3.63) is 26.6 Å². The van der Waals surface area contributed by atoms with E-state index >= 15 is 0 Å². The Labute approximate surface area is 164 Å². The Morgan fingerprint density at radius 2 is 1.85 bits per heavy atom. The van der Waals surface area contributed by atoms with Crippen LogP contribution in [0.15, 0.2) is 21.0 Å². The Morgan fingerprint density at radius 3 is 2.41 bits per heavy atom. The van der Waals surface area contributed by atoms with Crippen LogP contribution in [0.5, 0.6) is 6.01 Å². The van der Waals surface area contributed by atoms with E-state index in [1.54, 1.807) is 13.8 Å². The third kappa shape index (κ3) is 4.75. The van der Waals surface area contributed by atoms with Crippen molar-refractivity contribution >= 4 is 33.6 Å². The molecule has 1 aliphatic heterocycles. The average molecular weight is 445 g/mol. The van der Waals surface area contributed by atoms with E-state index in [1.165, 1.54) is 10.8 Å². The lowest BCUT2D eigenvalue weighted by molar-refractivity contribution is -0.597. The Hall–Kier alpha value is -2.20. The highest BCUT2D eigenvalue weighted by molar-refractivity contribution is 9.10. The van der Waals surface area contributed by atoms with Gasteiger partial charge in [0.15, 0.2) is 6.23 Å². The first-order chi connectivity index (χ1) is 12.6. The number of rotatable bonds is 5. The Morgan fingerprint density at radius 1 is 1.26 bits per heavy atom.